The third-order valence-corrected chi connectivity index (χ3v) is 3.40. The molecule has 0 aliphatic heterocycles. The van der Waals surface area contributed by atoms with Crippen LogP contribution in [0.5, 0.6) is 0 Å². The van der Waals surface area contributed by atoms with Crippen LogP contribution in [0.15, 0.2) is 0 Å². The Bertz CT molecular complexity index is 57.0. The van der Waals surface area contributed by atoms with Crippen molar-refractivity contribution in [3.8, 4) is 0 Å². The molecule has 0 aliphatic carbocycles. The van der Waals surface area contributed by atoms with Crippen molar-refractivity contribution in [1.82, 2.24) is 5.32 Å². The van der Waals surface area contributed by atoms with E-state index in [1.165, 1.54) is 11.8 Å². The Morgan fingerprint density at radius 1 is 1.33 bits per heavy atom. The molecule has 0 atom stereocenters. The van der Waals surface area contributed by atoms with Crippen LogP contribution in [0.4, 0.5) is 0 Å². The van der Waals surface area contributed by atoms with Crippen molar-refractivity contribution in [3.05, 3.63) is 0 Å². The molecule has 2 nitrogen and oxygen atoms in total. The van der Waals surface area contributed by atoms with E-state index in [2.05, 4.69) is 16.7 Å². The van der Waals surface area contributed by atoms with E-state index in [1.807, 2.05) is 0 Å². The number of nitrogens with two attached hydrogens (primary N) is 1. The van der Waals surface area contributed by atoms with Crippen LogP contribution in [-0.4, -0.2) is 34.3 Å². The number of hydrogen-bond donors (Lipinski definition) is 2. The Kier molecular flexibility index (Phi) is 6.95. The zero-order chi connectivity index (χ0) is 7.11. The number of hydrogen-bond acceptors (Lipinski definition) is 2. The molecule has 0 fully saturated rings. The van der Waals surface area contributed by atoms with Crippen molar-refractivity contribution >= 4 is 14.7 Å². The standard InChI is InChI=1S/C6H17AsN2/c1-7(2)3-5-9-6-4-8/h9H,3-6,8H2,1-2H3. The first-order valence-electron chi connectivity index (χ1n) is 3.33. The minimum atomic E-state index is -0.372. The third-order valence-electron chi connectivity index (χ3n) is 1.06. The molecular formula is C6H17AsN2. The van der Waals surface area contributed by atoms with Gasteiger partial charge in [-0.15, -0.1) is 0 Å². The first kappa shape index (κ1) is 9.48. The molecule has 0 rings (SSSR count). The van der Waals surface area contributed by atoms with Gasteiger partial charge in [0.05, 0.1) is 0 Å². The van der Waals surface area contributed by atoms with Crippen molar-refractivity contribution in [2.75, 3.05) is 19.6 Å². The summed E-state index contributed by atoms with van der Waals surface area (Å²) in [6.45, 7) is 2.91. The van der Waals surface area contributed by atoms with E-state index in [-0.39, 0.29) is 14.7 Å². The van der Waals surface area contributed by atoms with Crippen molar-refractivity contribution < 1.29 is 0 Å². The van der Waals surface area contributed by atoms with Gasteiger partial charge in [-0.05, 0) is 0 Å². The number of rotatable bonds is 5. The van der Waals surface area contributed by atoms with Gasteiger partial charge in [0.1, 0.15) is 0 Å². The van der Waals surface area contributed by atoms with Gasteiger partial charge >= 0.3 is 62.0 Å². The molecule has 0 spiro atoms. The molecule has 0 bridgehead atoms. The van der Waals surface area contributed by atoms with Gasteiger partial charge in [-0.25, -0.2) is 0 Å². The second kappa shape index (κ2) is 6.60. The van der Waals surface area contributed by atoms with E-state index in [9.17, 15) is 0 Å². The van der Waals surface area contributed by atoms with Crippen LogP contribution in [0, 0.1) is 0 Å². The molecule has 0 heterocycles. The predicted octanol–water partition coefficient (Wildman–Crippen LogP) is 0.289. The van der Waals surface area contributed by atoms with E-state index in [0.717, 1.165) is 13.1 Å². The number of nitrogens with one attached hydrogen (secondary N) is 1. The fraction of sp³-hybridized carbons (Fsp3) is 1.00. The van der Waals surface area contributed by atoms with E-state index < -0.39 is 0 Å². The molecule has 0 aromatic rings. The first-order chi connectivity index (χ1) is 4.27. The van der Waals surface area contributed by atoms with Gasteiger partial charge in [0.15, 0.2) is 0 Å². The van der Waals surface area contributed by atoms with Gasteiger partial charge in [-0.3, -0.25) is 0 Å². The van der Waals surface area contributed by atoms with E-state index >= 15 is 0 Å². The molecule has 0 amide bonds. The van der Waals surface area contributed by atoms with Crippen LogP contribution in [0.3, 0.4) is 0 Å². The van der Waals surface area contributed by atoms with Gasteiger partial charge < -0.3 is 0 Å². The Hall–Kier alpha value is 0.478. The summed E-state index contributed by atoms with van der Waals surface area (Å²) in [5.41, 5.74) is 10.0. The van der Waals surface area contributed by atoms with Crippen molar-refractivity contribution in [2.24, 2.45) is 5.73 Å². The quantitative estimate of drug-likeness (QED) is 0.485. The molecule has 0 radical (unpaired) electrons. The monoisotopic (exact) mass is 192 g/mol. The summed E-state index contributed by atoms with van der Waals surface area (Å²) in [5, 5.41) is 4.67. The molecule has 9 heavy (non-hydrogen) atoms. The molecule has 0 saturated carbocycles. The zero-order valence-corrected chi connectivity index (χ0v) is 8.23. The summed E-state index contributed by atoms with van der Waals surface area (Å²) in [5.74, 6) is 0. The summed E-state index contributed by atoms with van der Waals surface area (Å²) in [6.07, 6.45) is 0. The molecule has 0 aliphatic rings. The van der Waals surface area contributed by atoms with Crippen molar-refractivity contribution in [2.45, 2.75) is 16.6 Å². The molecular weight excluding hydrogens is 175 g/mol. The van der Waals surface area contributed by atoms with Crippen molar-refractivity contribution in [3.63, 3.8) is 0 Å². The Morgan fingerprint density at radius 2 is 2.00 bits per heavy atom. The second-order valence-corrected chi connectivity index (χ2v) is 7.81. The molecule has 56 valence electrons. The van der Waals surface area contributed by atoms with E-state index in [1.54, 1.807) is 0 Å². The van der Waals surface area contributed by atoms with Crippen LogP contribution in [-0.2, 0) is 0 Å². The SMILES string of the molecule is C[As](C)CCNCCN. The fourth-order valence-corrected chi connectivity index (χ4v) is 1.80. The average Bonchev–Trinajstić information content (AvgIpc) is 1.80. The maximum atomic E-state index is 5.29. The molecule has 0 aromatic heterocycles. The summed E-state index contributed by atoms with van der Waals surface area (Å²) in [6, 6.07) is 0. The Balaban J connectivity index is 2.75. The molecule has 0 aromatic carbocycles. The van der Waals surface area contributed by atoms with Crippen molar-refractivity contribution in [1.29, 1.82) is 0 Å². The van der Waals surface area contributed by atoms with Gasteiger partial charge in [-0.1, -0.05) is 0 Å². The van der Waals surface area contributed by atoms with Crippen LogP contribution in [0.2, 0.25) is 16.6 Å². The fourth-order valence-electron chi connectivity index (χ4n) is 0.530. The van der Waals surface area contributed by atoms with Gasteiger partial charge in [0.2, 0.25) is 0 Å². The summed E-state index contributed by atoms with van der Waals surface area (Å²) >= 11 is -0.372. The minimum absolute atomic E-state index is 0.372. The van der Waals surface area contributed by atoms with Gasteiger partial charge in [0.25, 0.3) is 0 Å². The zero-order valence-electron chi connectivity index (χ0n) is 6.35. The average molecular weight is 192 g/mol. The molecule has 0 unspecified atom stereocenters. The molecule has 0 saturated heterocycles. The van der Waals surface area contributed by atoms with Crippen LogP contribution >= 0.6 is 0 Å². The summed E-state index contributed by atoms with van der Waals surface area (Å²) in [4.78, 5) is 0. The molecule has 3 heteroatoms. The van der Waals surface area contributed by atoms with Gasteiger partial charge in [-0.2, -0.15) is 0 Å². The van der Waals surface area contributed by atoms with Crippen LogP contribution < -0.4 is 11.1 Å². The van der Waals surface area contributed by atoms with E-state index in [4.69, 9.17) is 5.73 Å². The van der Waals surface area contributed by atoms with Crippen LogP contribution in [0.1, 0.15) is 0 Å². The Labute approximate surface area is 62.5 Å². The van der Waals surface area contributed by atoms with Gasteiger partial charge in [0, 0.05) is 0 Å². The topological polar surface area (TPSA) is 38.0 Å². The van der Waals surface area contributed by atoms with Crippen LogP contribution in [0.25, 0.3) is 0 Å². The predicted molar refractivity (Wildman–Crippen MR) is 44.2 cm³/mol. The summed E-state index contributed by atoms with van der Waals surface area (Å²) < 4.78 is 0. The third kappa shape index (κ3) is 8.48. The van der Waals surface area contributed by atoms with E-state index in [0.29, 0.717) is 0 Å². The Morgan fingerprint density at radius 3 is 2.44 bits per heavy atom. The maximum absolute atomic E-state index is 5.29. The molecule has 3 N–H and O–H groups in total. The summed E-state index contributed by atoms with van der Waals surface area (Å²) in [7, 11) is 0. The second-order valence-electron chi connectivity index (χ2n) is 2.34. The first-order valence-corrected chi connectivity index (χ1v) is 8.41. The normalized spacial score (nSPS) is 10.7.